The van der Waals surface area contributed by atoms with Crippen LogP contribution in [0.1, 0.15) is 23.6 Å². The minimum Gasteiger partial charge on any atom is -0.494 e. The molecule has 0 aliphatic heterocycles. The molecule has 0 unspecified atom stereocenters. The molecule has 1 aromatic heterocycles. The number of pyridine rings is 1. The Bertz CT molecular complexity index is 968. The van der Waals surface area contributed by atoms with E-state index < -0.39 is 0 Å². The number of nitrogens with zero attached hydrogens (tertiary/aromatic N) is 1. The summed E-state index contributed by atoms with van der Waals surface area (Å²) in [5.74, 6) is 1.06. The molecule has 1 N–H and O–H groups in total. The summed E-state index contributed by atoms with van der Waals surface area (Å²) in [4.78, 5) is 17.1. The van der Waals surface area contributed by atoms with Crippen LogP contribution in [0.15, 0.2) is 47.5 Å². The van der Waals surface area contributed by atoms with E-state index in [0.29, 0.717) is 12.4 Å². The highest BCUT2D eigenvalue weighted by molar-refractivity contribution is 8.00. The Hall–Kier alpha value is -2.53. The van der Waals surface area contributed by atoms with E-state index in [1.807, 2.05) is 38.1 Å². The molecule has 0 saturated carbocycles. The van der Waals surface area contributed by atoms with Gasteiger partial charge in [-0.25, -0.2) is 4.98 Å². The normalized spacial score (nSPS) is 10.8. The lowest BCUT2D eigenvalue weighted by molar-refractivity contribution is -0.113. The van der Waals surface area contributed by atoms with Gasteiger partial charge in [-0.15, -0.1) is 0 Å². The zero-order valence-corrected chi connectivity index (χ0v) is 16.9. The number of hydrogen-bond acceptors (Lipinski definition) is 4. The van der Waals surface area contributed by atoms with Gasteiger partial charge in [0.05, 0.1) is 17.9 Å². The molecule has 0 aliphatic carbocycles. The molecule has 140 valence electrons. The number of thioether (sulfide) groups is 1. The zero-order valence-electron chi connectivity index (χ0n) is 16.1. The van der Waals surface area contributed by atoms with E-state index in [2.05, 4.69) is 37.4 Å². The highest BCUT2D eigenvalue weighted by atomic mass is 32.2. The van der Waals surface area contributed by atoms with Gasteiger partial charge in [-0.3, -0.25) is 4.79 Å². The van der Waals surface area contributed by atoms with Crippen molar-refractivity contribution in [1.29, 1.82) is 0 Å². The average Bonchev–Trinajstić information content (AvgIpc) is 2.65. The van der Waals surface area contributed by atoms with Crippen LogP contribution in [0.4, 0.5) is 5.69 Å². The van der Waals surface area contributed by atoms with Crippen LogP contribution >= 0.6 is 11.8 Å². The number of carbonyl (C=O) groups excluding carboxylic acids is 1. The number of benzene rings is 2. The second kappa shape index (κ2) is 8.44. The van der Waals surface area contributed by atoms with Gasteiger partial charge in [0.25, 0.3) is 0 Å². The first kappa shape index (κ1) is 19.2. The first-order valence-electron chi connectivity index (χ1n) is 9.01. The summed E-state index contributed by atoms with van der Waals surface area (Å²) in [7, 11) is 0. The number of ether oxygens (including phenoxy) is 1. The molecule has 4 nitrogen and oxygen atoms in total. The van der Waals surface area contributed by atoms with Gasteiger partial charge in [0, 0.05) is 11.1 Å². The number of hydrogen-bond donors (Lipinski definition) is 1. The van der Waals surface area contributed by atoms with Gasteiger partial charge in [0.1, 0.15) is 10.8 Å². The fraction of sp³-hybridized carbons (Fsp3) is 0.273. The van der Waals surface area contributed by atoms with Crippen molar-refractivity contribution < 1.29 is 9.53 Å². The Balaban J connectivity index is 1.68. The lowest BCUT2D eigenvalue weighted by Crippen LogP contribution is -2.14. The molecule has 1 amide bonds. The number of amides is 1. The van der Waals surface area contributed by atoms with Crippen molar-refractivity contribution in [3.05, 3.63) is 59.2 Å². The second-order valence-electron chi connectivity index (χ2n) is 6.50. The van der Waals surface area contributed by atoms with Crippen LogP contribution in [0.5, 0.6) is 5.75 Å². The van der Waals surface area contributed by atoms with Gasteiger partial charge < -0.3 is 10.1 Å². The molecule has 1 heterocycles. The number of aryl methyl sites for hydroxylation is 3. The predicted octanol–water partition coefficient (Wildman–Crippen LogP) is 5.29. The van der Waals surface area contributed by atoms with Crippen LogP contribution in [0, 0.1) is 20.8 Å². The van der Waals surface area contributed by atoms with E-state index in [9.17, 15) is 4.79 Å². The number of fused-ring (bicyclic) bond motifs is 1. The summed E-state index contributed by atoms with van der Waals surface area (Å²) in [6.07, 6.45) is 0. The van der Waals surface area contributed by atoms with E-state index in [1.165, 1.54) is 22.7 Å². The minimum atomic E-state index is -0.0496. The smallest absolute Gasteiger partial charge is 0.234 e. The van der Waals surface area contributed by atoms with Crippen LogP contribution in [0.25, 0.3) is 10.9 Å². The van der Waals surface area contributed by atoms with Crippen molar-refractivity contribution in [3.63, 3.8) is 0 Å². The highest BCUT2D eigenvalue weighted by Gasteiger charge is 2.10. The van der Waals surface area contributed by atoms with Crippen LogP contribution in [-0.4, -0.2) is 23.3 Å². The highest BCUT2D eigenvalue weighted by Crippen LogP contribution is 2.28. The van der Waals surface area contributed by atoms with Gasteiger partial charge in [-0.05, 0) is 74.7 Å². The lowest BCUT2D eigenvalue weighted by Gasteiger charge is -2.11. The third-order valence-corrected chi connectivity index (χ3v) is 5.43. The second-order valence-corrected chi connectivity index (χ2v) is 7.46. The molecule has 0 atom stereocenters. The molecule has 0 fully saturated rings. The Morgan fingerprint density at radius 2 is 1.74 bits per heavy atom. The molecule has 5 heteroatoms. The Morgan fingerprint density at radius 3 is 2.44 bits per heavy atom. The molecule has 3 aromatic rings. The molecule has 0 saturated heterocycles. The number of aromatic nitrogens is 1. The lowest BCUT2D eigenvalue weighted by atomic mass is 10.0. The van der Waals surface area contributed by atoms with Crippen molar-refractivity contribution in [2.24, 2.45) is 0 Å². The van der Waals surface area contributed by atoms with Gasteiger partial charge in [-0.1, -0.05) is 23.9 Å². The fourth-order valence-corrected chi connectivity index (χ4v) is 3.68. The molecular weight excluding hydrogens is 356 g/mol. The molecule has 0 aliphatic rings. The molecule has 27 heavy (non-hydrogen) atoms. The van der Waals surface area contributed by atoms with E-state index >= 15 is 0 Å². The molecule has 0 radical (unpaired) electrons. The van der Waals surface area contributed by atoms with Gasteiger partial charge >= 0.3 is 0 Å². The van der Waals surface area contributed by atoms with Crippen molar-refractivity contribution in [2.45, 2.75) is 32.7 Å². The first-order valence-corrected chi connectivity index (χ1v) is 9.99. The van der Waals surface area contributed by atoms with Crippen molar-refractivity contribution >= 4 is 34.3 Å². The summed E-state index contributed by atoms with van der Waals surface area (Å²) in [6, 6.07) is 13.8. The van der Waals surface area contributed by atoms with E-state index in [0.717, 1.165) is 33.1 Å². The van der Waals surface area contributed by atoms with E-state index in [-0.39, 0.29) is 5.91 Å². The van der Waals surface area contributed by atoms with Gasteiger partial charge in [0.15, 0.2) is 0 Å². The van der Waals surface area contributed by atoms with Crippen molar-refractivity contribution in [1.82, 2.24) is 4.98 Å². The van der Waals surface area contributed by atoms with Crippen molar-refractivity contribution in [2.75, 3.05) is 17.7 Å². The molecule has 0 bridgehead atoms. The number of nitrogens with one attached hydrogen (secondary N) is 1. The van der Waals surface area contributed by atoms with E-state index in [1.54, 1.807) is 0 Å². The number of anilines is 1. The van der Waals surface area contributed by atoms with Crippen LogP contribution in [0.3, 0.4) is 0 Å². The van der Waals surface area contributed by atoms with Crippen LogP contribution in [-0.2, 0) is 4.79 Å². The van der Waals surface area contributed by atoms with Crippen LogP contribution in [0.2, 0.25) is 0 Å². The van der Waals surface area contributed by atoms with Crippen molar-refractivity contribution in [3.8, 4) is 5.75 Å². The zero-order chi connectivity index (χ0) is 19.4. The van der Waals surface area contributed by atoms with Crippen LogP contribution < -0.4 is 10.1 Å². The minimum absolute atomic E-state index is 0.0496. The topological polar surface area (TPSA) is 51.2 Å². The summed E-state index contributed by atoms with van der Waals surface area (Å²) < 4.78 is 5.41. The van der Waals surface area contributed by atoms with Gasteiger partial charge in [0.2, 0.25) is 5.91 Å². The number of carbonyl (C=O) groups is 1. The maximum Gasteiger partial charge on any atom is 0.234 e. The molecule has 0 spiro atoms. The Morgan fingerprint density at radius 1 is 1.04 bits per heavy atom. The summed E-state index contributed by atoms with van der Waals surface area (Å²) in [6.45, 7) is 8.77. The quantitative estimate of drug-likeness (QED) is 0.590. The SMILES string of the molecule is CCOc1ccc(NC(=O)CSc2nc3c(C)ccc(C)c3cc2C)cc1. The Kier molecular flexibility index (Phi) is 6.01. The molecular formula is C22H24N2O2S. The van der Waals surface area contributed by atoms with Gasteiger partial charge in [-0.2, -0.15) is 0 Å². The maximum absolute atomic E-state index is 12.3. The largest absolute Gasteiger partial charge is 0.494 e. The summed E-state index contributed by atoms with van der Waals surface area (Å²) in [5, 5.41) is 4.99. The third kappa shape index (κ3) is 4.61. The maximum atomic E-state index is 12.3. The van der Waals surface area contributed by atoms with E-state index in [4.69, 9.17) is 9.72 Å². The standard InChI is InChI=1S/C22H24N2O2S/c1-5-26-18-10-8-17(9-11-18)23-20(25)13-27-22-16(4)12-19-14(2)6-7-15(3)21(19)24-22/h6-12H,5,13H2,1-4H3,(H,23,25). The third-order valence-electron chi connectivity index (χ3n) is 4.34. The fourth-order valence-electron chi connectivity index (χ4n) is 2.89. The molecule has 3 rings (SSSR count). The number of rotatable bonds is 6. The molecule has 2 aromatic carbocycles. The summed E-state index contributed by atoms with van der Waals surface area (Å²) >= 11 is 1.47. The monoisotopic (exact) mass is 380 g/mol. The Labute approximate surface area is 164 Å². The average molecular weight is 381 g/mol. The first-order chi connectivity index (χ1) is 13.0. The predicted molar refractivity (Wildman–Crippen MR) is 113 cm³/mol. The summed E-state index contributed by atoms with van der Waals surface area (Å²) in [5.41, 5.74) is 5.23.